The summed E-state index contributed by atoms with van der Waals surface area (Å²) in [5, 5.41) is 3.30. The second kappa shape index (κ2) is 8.79. The Balaban J connectivity index is 1.46. The minimum absolute atomic E-state index is 0.101. The van der Waals surface area contributed by atoms with Gasteiger partial charge >= 0.3 is 6.09 Å². The molecule has 1 aliphatic carbocycles. The van der Waals surface area contributed by atoms with E-state index < -0.39 is 26.8 Å². The molecule has 1 fully saturated rings. The number of sulfone groups is 1. The Bertz CT molecular complexity index is 1100. The van der Waals surface area contributed by atoms with Crippen LogP contribution in [0.3, 0.4) is 0 Å². The minimum Gasteiger partial charge on any atom is -0.444 e. The number of likely N-dealkylation sites (tertiary alicyclic amines) is 1. The molecule has 4 rings (SSSR count). The van der Waals surface area contributed by atoms with Gasteiger partial charge in [0.15, 0.2) is 15.0 Å². The van der Waals surface area contributed by atoms with Crippen LogP contribution < -0.4 is 5.32 Å². The van der Waals surface area contributed by atoms with Crippen molar-refractivity contribution in [2.24, 2.45) is 0 Å². The second-order valence-corrected chi connectivity index (χ2v) is 12.8. The van der Waals surface area contributed by atoms with Crippen LogP contribution in [0, 0.1) is 0 Å². The number of nitrogens with one attached hydrogen (secondary N) is 1. The smallest absolute Gasteiger partial charge is 0.410 e. The molecular formula is C21H27ClN4O4S2. The Hall–Kier alpha value is -1.91. The number of halogens is 1. The largest absolute Gasteiger partial charge is 0.444 e. The van der Waals surface area contributed by atoms with Crippen molar-refractivity contribution in [1.29, 1.82) is 0 Å². The zero-order chi connectivity index (χ0) is 23.1. The molecule has 0 spiro atoms. The molecule has 0 bridgehead atoms. The summed E-state index contributed by atoms with van der Waals surface area (Å²) in [7, 11) is -3.64. The first-order chi connectivity index (χ1) is 15.0. The van der Waals surface area contributed by atoms with Gasteiger partial charge in [-0.15, -0.1) is 11.3 Å². The zero-order valence-electron chi connectivity index (χ0n) is 18.4. The Labute approximate surface area is 197 Å². The number of hydrogen-bond acceptors (Lipinski definition) is 8. The molecule has 32 heavy (non-hydrogen) atoms. The average molecular weight is 499 g/mol. The van der Waals surface area contributed by atoms with Crippen LogP contribution in [0.5, 0.6) is 0 Å². The van der Waals surface area contributed by atoms with E-state index in [9.17, 15) is 13.2 Å². The molecule has 8 nitrogen and oxygen atoms in total. The maximum atomic E-state index is 13.3. The normalized spacial score (nSPS) is 17.3. The standard InChI is InChI=1S/C21H27ClN4O4S2/c1-21(2,3)30-20(27)26-9-7-13(8-10-26)32(28,29)14-11-17(22)24-18(12-14)25-19-23-15-5-4-6-16(15)31-19/h11-13H,4-10H2,1-3H3,(H,23,24,25). The van der Waals surface area contributed by atoms with Gasteiger partial charge < -0.3 is 15.0 Å². The first-order valence-corrected chi connectivity index (χ1v) is 13.4. The van der Waals surface area contributed by atoms with E-state index >= 15 is 0 Å². The number of carbonyl (C=O) groups excluding carboxylic acids is 1. The van der Waals surface area contributed by atoms with Crippen molar-refractivity contribution in [3.8, 4) is 0 Å². The predicted molar refractivity (Wildman–Crippen MR) is 125 cm³/mol. The van der Waals surface area contributed by atoms with Gasteiger partial charge in [0.05, 0.1) is 15.8 Å². The number of aromatic nitrogens is 2. The van der Waals surface area contributed by atoms with Crippen molar-refractivity contribution in [2.75, 3.05) is 18.4 Å². The summed E-state index contributed by atoms with van der Waals surface area (Å²) in [6, 6.07) is 2.89. The van der Waals surface area contributed by atoms with Crippen molar-refractivity contribution in [3.05, 3.63) is 27.9 Å². The van der Waals surface area contributed by atoms with Crippen molar-refractivity contribution >= 4 is 49.8 Å². The molecule has 1 saturated heterocycles. The number of carbonyl (C=O) groups is 1. The van der Waals surface area contributed by atoms with E-state index in [-0.39, 0.29) is 10.0 Å². The Morgan fingerprint density at radius 2 is 1.94 bits per heavy atom. The van der Waals surface area contributed by atoms with Crippen LogP contribution in [-0.2, 0) is 27.4 Å². The Kier molecular flexibility index (Phi) is 6.39. The van der Waals surface area contributed by atoms with E-state index in [1.807, 2.05) is 0 Å². The number of ether oxygens (including phenoxy) is 1. The van der Waals surface area contributed by atoms with Gasteiger partial charge in [0, 0.05) is 18.0 Å². The fourth-order valence-corrected chi connectivity index (χ4v) is 7.02. The molecule has 0 aromatic carbocycles. The molecule has 1 amide bonds. The highest BCUT2D eigenvalue weighted by atomic mass is 35.5. The minimum atomic E-state index is -3.64. The maximum Gasteiger partial charge on any atom is 0.410 e. The van der Waals surface area contributed by atoms with Crippen LogP contribution in [0.4, 0.5) is 15.7 Å². The number of rotatable bonds is 4. The topological polar surface area (TPSA) is 101 Å². The van der Waals surface area contributed by atoms with E-state index in [2.05, 4.69) is 15.3 Å². The SMILES string of the molecule is CC(C)(C)OC(=O)N1CCC(S(=O)(=O)c2cc(Cl)nc(Nc3nc4c(s3)CCC4)c2)CC1. The summed E-state index contributed by atoms with van der Waals surface area (Å²) in [4.78, 5) is 24.0. The molecule has 1 aliphatic heterocycles. The summed E-state index contributed by atoms with van der Waals surface area (Å²) in [6.07, 6.45) is 3.38. The summed E-state index contributed by atoms with van der Waals surface area (Å²) >= 11 is 7.73. The lowest BCUT2D eigenvalue weighted by molar-refractivity contribution is 0.0217. The van der Waals surface area contributed by atoms with Crippen LogP contribution >= 0.6 is 22.9 Å². The number of hydrogen-bond donors (Lipinski definition) is 1. The number of amides is 1. The number of anilines is 2. The molecule has 174 valence electrons. The van der Waals surface area contributed by atoms with Crippen molar-refractivity contribution in [1.82, 2.24) is 14.9 Å². The van der Waals surface area contributed by atoms with E-state index in [0.29, 0.717) is 36.9 Å². The van der Waals surface area contributed by atoms with Crippen molar-refractivity contribution in [2.45, 2.75) is 68.6 Å². The molecule has 2 aromatic rings. The predicted octanol–water partition coefficient (Wildman–Crippen LogP) is 4.60. The van der Waals surface area contributed by atoms with Crippen LogP contribution in [0.15, 0.2) is 17.0 Å². The molecule has 0 radical (unpaired) electrons. The highest BCUT2D eigenvalue weighted by molar-refractivity contribution is 7.92. The quantitative estimate of drug-likeness (QED) is 0.614. The summed E-state index contributed by atoms with van der Waals surface area (Å²) in [5.41, 5.74) is 0.513. The third-order valence-corrected chi connectivity index (χ3v) is 8.97. The van der Waals surface area contributed by atoms with Crippen molar-refractivity contribution < 1.29 is 17.9 Å². The molecule has 2 aromatic heterocycles. The van der Waals surface area contributed by atoms with Gasteiger partial charge in [0.1, 0.15) is 16.6 Å². The first-order valence-electron chi connectivity index (χ1n) is 10.7. The maximum absolute atomic E-state index is 13.3. The third kappa shape index (κ3) is 5.18. The van der Waals surface area contributed by atoms with Crippen LogP contribution in [0.1, 0.15) is 50.6 Å². The number of aryl methyl sites for hydroxylation is 2. The van der Waals surface area contributed by atoms with Gasteiger partial charge in [-0.2, -0.15) is 0 Å². The molecule has 0 saturated carbocycles. The van der Waals surface area contributed by atoms with Gasteiger partial charge in [-0.1, -0.05) is 11.6 Å². The molecule has 2 aliphatic rings. The second-order valence-electron chi connectivity index (χ2n) is 9.09. The van der Waals surface area contributed by atoms with E-state index in [1.54, 1.807) is 37.0 Å². The highest BCUT2D eigenvalue weighted by Gasteiger charge is 2.34. The third-order valence-electron chi connectivity index (χ3n) is 5.46. The number of pyridine rings is 1. The lowest BCUT2D eigenvalue weighted by Gasteiger charge is -2.33. The van der Waals surface area contributed by atoms with Crippen LogP contribution in [0.2, 0.25) is 5.15 Å². The fraction of sp³-hybridized carbons (Fsp3) is 0.571. The van der Waals surface area contributed by atoms with E-state index in [0.717, 1.165) is 25.0 Å². The molecule has 1 N–H and O–H groups in total. The number of thiazole rings is 1. The summed E-state index contributed by atoms with van der Waals surface area (Å²) < 4.78 is 32.0. The Morgan fingerprint density at radius 1 is 1.22 bits per heavy atom. The fourth-order valence-electron chi connectivity index (χ4n) is 3.92. The highest BCUT2D eigenvalue weighted by Crippen LogP contribution is 2.33. The monoisotopic (exact) mass is 498 g/mol. The molecular weight excluding hydrogens is 472 g/mol. The van der Waals surface area contributed by atoms with E-state index in [4.69, 9.17) is 16.3 Å². The number of fused-ring (bicyclic) bond motifs is 1. The van der Waals surface area contributed by atoms with Gasteiger partial charge in [0.25, 0.3) is 0 Å². The van der Waals surface area contributed by atoms with Gasteiger partial charge in [0.2, 0.25) is 0 Å². The lowest BCUT2D eigenvalue weighted by atomic mass is 10.1. The Morgan fingerprint density at radius 3 is 2.59 bits per heavy atom. The van der Waals surface area contributed by atoms with Gasteiger partial charge in [-0.05, 0) is 65.0 Å². The molecule has 0 atom stereocenters. The lowest BCUT2D eigenvalue weighted by Crippen LogP contribution is -2.44. The van der Waals surface area contributed by atoms with Gasteiger partial charge in [-0.3, -0.25) is 0 Å². The van der Waals surface area contributed by atoms with Crippen molar-refractivity contribution in [3.63, 3.8) is 0 Å². The van der Waals surface area contributed by atoms with Gasteiger partial charge in [-0.25, -0.2) is 23.2 Å². The number of piperidine rings is 1. The zero-order valence-corrected chi connectivity index (χ0v) is 20.7. The summed E-state index contributed by atoms with van der Waals surface area (Å²) in [5.74, 6) is 0.356. The van der Waals surface area contributed by atoms with E-state index in [1.165, 1.54) is 17.0 Å². The summed E-state index contributed by atoms with van der Waals surface area (Å²) in [6.45, 7) is 6.07. The van der Waals surface area contributed by atoms with Crippen LogP contribution in [0.25, 0.3) is 0 Å². The molecule has 3 heterocycles. The first kappa shape index (κ1) is 23.3. The van der Waals surface area contributed by atoms with Crippen LogP contribution in [-0.4, -0.2) is 53.3 Å². The molecule has 11 heteroatoms. The average Bonchev–Trinajstić information content (AvgIpc) is 3.28. The molecule has 0 unspecified atom stereocenters. The number of nitrogens with zero attached hydrogens (tertiary/aromatic N) is 3.